The highest BCUT2D eigenvalue weighted by molar-refractivity contribution is 6.31. The fraction of sp³-hybridized carbons (Fsp3) is 0.231. The number of non-ortho nitro benzene ring substituents is 1. The monoisotopic (exact) mass is 530 g/mol. The number of halogens is 3. The SMILES string of the molecule is CC(C)(CN)CN(Cc1cc(NC(=O)c2ccc([N+](=O)[O-])cc2)ccc1Cl)C(=O)c1cc(F)cc(F)c1. The van der Waals surface area contributed by atoms with Gasteiger partial charge in [0.05, 0.1) is 4.92 Å². The van der Waals surface area contributed by atoms with Gasteiger partial charge in [0.25, 0.3) is 17.5 Å². The van der Waals surface area contributed by atoms with Crippen molar-refractivity contribution >= 4 is 34.8 Å². The van der Waals surface area contributed by atoms with Gasteiger partial charge in [0.1, 0.15) is 11.6 Å². The molecule has 37 heavy (non-hydrogen) atoms. The average molecular weight is 531 g/mol. The summed E-state index contributed by atoms with van der Waals surface area (Å²) in [6, 6.07) is 12.4. The molecule has 8 nitrogen and oxygen atoms in total. The molecule has 0 aromatic heterocycles. The Morgan fingerprint density at radius 2 is 1.65 bits per heavy atom. The molecule has 11 heteroatoms. The second-order valence-electron chi connectivity index (χ2n) is 9.25. The molecule has 3 N–H and O–H groups in total. The molecule has 0 spiro atoms. The highest BCUT2D eigenvalue weighted by Crippen LogP contribution is 2.26. The van der Waals surface area contributed by atoms with Crippen molar-refractivity contribution in [1.29, 1.82) is 0 Å². The van der Waals surface area contributed by atoms with E-state index in [2.05, 4.69) is 5.32 Å². The van der Waals surface area contributed by atoms with Gasteiger partial charge in [-0.3, -0.25) is 19.7 Å². The third kappa shape index (κ3) is 7.31. The first-order valence-electron chi connectivity index (χ1n) is 11.2. The Labute approximate surface area is 217 Å². The Morgan fingerprint density at radius 3 is 2.22 bits per heavy atom. The summed E-state index contributed by atoms with van der Waals surface area (Å²) in [6.45, 7) is 4.08. The molecule has 2 amide bonds. The number of hydrogen-bond donors (Lipinski definition) is 2. The van der Waals surface area contributed by atoms with E-state index in [0.717, 1.165) is 12.1 Å². The number of rotatable bonds is 9. The molecule has 0 aliphatic carbocycles. The van der Waals surface area contributed by atoms with E-state index >= 15 is 0 Å². The van der Waals surface area contributed by atoms with Gasteiger partial charge in [-0.05, 0) is 60.0 Å². The molecule has 0 fully saturated rings. The summed E-state index contributed by atoms with van der Waals surface area (Å²) in [5.41, 5.74) is 6.07. The number of nitrogens with one attached hydrogen (secondary N) is 1. The van der Waals surface area contributed by atoms with Crippen LogP contribution in [0.15, 0.2) is 60.7 Å². The van der Waals surface area contributed by atoms with Crippen molar-refractivity contribution in [1.82, 2.24) is 4.90 Å². The molecule has 194 valence electrons. The van der Waals surface area contributed by atoms with Crippen LogP contribution in [0.5, 0.6) is 0 Å². The highest BCUT2D eigenvalue weighted by atomic mass is 35.5. The van der Waals surface area contributed by atoms with Gasteiger partial charge in [-0.15, -0.1) is 0 Å². The quantitative estimate of drug-likeness (QED) is 0.283. The van der Waals surface area contributed by atoms with Crippen molar-refractivity contribution in [2.45, 2.75) is 20.4 Å². The van der Waals surface area contributed by atoms with Crippen LogP contribution in [0.25, 0.3) is 0 Å². The minimum Gasteiger partial charge on any atom is -0.334 e. The third-order valence-electron chi connectivity index (χ3n) is 5.57. The lowest BCUT2D eigenvalue weighted by Gasteiger charge is -2.32. The first-order chi connectivity index (χ1) is 17.4. The summed E-state index contributed by atoms with van der Waals surface area (Å²) in [6.07, 6.45) is 0. The molecule has 3 rings (SSSR count). The number of nitrogens with zero attached hydrogens (tertiary/aromatic N) is 2. The number of amides is 2. The van der Waals surface area contributed by atoms with E-state index in [-0.39, 0.29) is 36.4 Å². The Kier molecular flexibility index (Phi) is 8.57. The fourth-order valence-corrected chi connectivity index (χ4v) is 3.74. The summed E-state index contributed by atoms with van der Waals surface area (Å²) in [7, 11) is 0. The maximum atomic E-state index is 13.8. The number of carbonyl (C=O) groups is 2. The number of hydrogen-bond acceptors (Lipinski definition) is 5. The van der Waals surface area contributed by atoms with Crippen LogP contribution in [0.3, 0.4) is 0 Å². The van der Waals surface area contributed by atoms with Crippen molar-refractivity contribution in [2.75, 3.05) is 18.4 Å². The van der Waals surface area contributed by atoms with Gasteiger partial charge >= 0.3 is 0 Å². The third-order valence-corrected chi connectivity index (χ3v) is 5.94. The number of nitro benzene ring substituents is 1. The summed E-state index contributed by atoms with van der Waals surface area (Å²) >= 11 is 6.39. The Balaban J connectivity index is 1.87. The van der Waals surface area contributed by atoms with Gasteiger partial charge in [0.15, 0.2) is 0 Å². The molecule has 0 bridgehead atoms. The first-order valence-corrected chi connectivity index (χ1v) is 11.6. The zero-order valence-corrected chi connectivity index (χ0v) is 20.9. The van der Waals surface area contributed by atoms with Crippen LogP contribution in [0.1, 0.15) is 40.1 Å². The molecule has 3 aromatic rings. The minimum absolute atomic E-state index is 0.0273. The van der Waals surface area contributed by atoms with E-state index in [9.17, 15) is 28.5 Å². The average Bonchev–Trinajstić information content (AvgIpc) is 2.84. The van der Waals surface area contributed by atoms with E-state index in [4.69, 9.17) is 17.3 Å². The molecule has 0 radical (unpaired) electrons. The lowest BCUT2D eigenvalue weighted by atomic mass is 9.92. The summed E-state index contributed by atoms with van der Waals surface area (Å²) in [4.78, 5) is 37.6. The molecular formula is C26H25ClF2N4O4. The maximum absolute atomic E-state index is 13.8. The molecule has 0 atom stereocenters. The number of nitro groups is 1. The second-order valence-corrected chi connectivity index (χ2v) is 9.66. The van der Waals surface area contributed by atoms with Crippen LogP contribution in [-0.2, 0) is 6.54 Å². The molecule has 0 aliphatic heterocycles. The largest absolute Gasteiger partial charge is 0.334 e. The second kappa shape index (κ2) is 11.4. The lowest BCUT2D eigenvalue weighted by molar-refractivity contribution is -0.384. The Bertz CT molecular complexity index is 1310. The van der Waals surface area contributed by atoms with E-state index in [1.165, 1.54) is 29.2 Å². The van der Waals surface area contributed by atoms with Crippen LogP contribution in [0, 0.1) is 27.2 Å². The molecule has 3 aromatic carbocycles. The molecule has 0 aliphatic rings. The number of carbonyl (C=O) groups excluding carboxylic acids is 2. The van der Waals surface area contributed by atoms with Crippen LogP contribution < -0.4 is 11.1 Å². The molecule has 0 heterocycles. The summed E-state index contributed by atoms with van der Waals surface area (Å²) in [5, 5.41) is 13.8. The van der Waals surface area contributed by atoms with Crippen molar-refractivity contribution in [3.8, 4) is 0 Å². The van der Waals surface area contributed by atoms with Crippen molar-refractivity contribution in [2.24, 2.45) is 11.1 Å². The zero-order valence-electron chi connectivity index (χ0n) is 20.1. The van der Waals surface area contributed by atoms with E-state index in [1.807, 2.05) is 13.8 Å². The van der Waals surface area contributed by atoms with Crippen LogP contribution in [-0.4, -0.2) is 34.7 Å². The number of benzene rings is 3. The number of nitrogens with two attached hydrogens (primary N) is 1. The fourth-order valence-electron chi connectivity index (χ4n) is 3.56. The predicted molar refractivity (Wildman–Crippen MR) is 136 cm³/mol. The smallest absolute Gasteiger partial charge is 0.269 e. The zero-order chi connectivity index (χ0) is 27.3. The minimum atomic E-state index is -0.879. The topological polar surface area (TPSA) is 119 Å². The first kappa shape index (κ1) is 27.7. The van der Waals surface area contributed by atoms with Gasteiger partial charge in [-0.2, -0.15) is 0 Å². The van der Waals surface area contributed by atoms with Gasteiger partial charge in [0, 0.05) is 53.1 Å². The summed E-state index contributed by atoms with van der Waals surface area (Å²) in [5.74, 6) is -2.88. The predicted octanol–water partition coefficient (Wildman–Crippen LogP) is 5.41. The number of anilines is 1. The van der Waals surface area contributed by atoms with Crippen molar-refractivity contribution < 1.29 is 23.3 Å². The van der Waals surface area contributed by atoms with Gasteiger partial charge in [-0.25, -0.2) is 8.78 Å². The van der Waals surface area contributed by atoms with Gasteiger partial charge in [-0.1, -0.05) is 25.4 Å². The highest BCUT2D eigenvalue weighted by Gasteiger charge is 2.26. The normalized spacial score (nSPS) is 11.2. The standard InChI is InChI=1S/C26H25ClF2N4O4/c1-26(2,14-30)15-32(25(35)17-9-19(28)12-20(29)10-17)13-18-11-21(5-8-23(18)27)31-24(34)16-3-6-22(7-4-16)33(36)37/h3-12H,13-15,30H2,1-2H3,(H,31,34). The maximum Gasteiger partial charge on any atom is 0.269 e. The van der Waals surface area contributed by atoms with Crippen molar-refractivity contribution in [3.63, 3.8) is 0 Å². The van der Waals surface area contributed by atoms with Crippen LogP contribution in [0.4, 0.5) is 20.2 Å². The van der Waals surface area contributed by atoms with Crippen LogP contribution >= 0.6 is 11.6 Å². The molecule has 0 saturated heterocycles. The molecular weight excluding hydrogens is 506 g/mol. The summed E-state index contributed by atoms with van der Waals surface area (Å²) < 4.78 is 27.6. The lowest BCUT2D eigenvalue weighted by Crippen LogP contribution is -2.41. The Morgan fingerprint density at radius 1 is 1.03 bits per heavy atom. The Hall–Kier alpha value is -3.89. The molecule has 0 unspecified atom stereocenters. The van der Waals surface area contributed by atoms with Crippen molar-refractivity contribution in [3.05, 3.63) is 104 Å². The van der Waals surface area contributed by atoms with E-state index in [0.29, 0.717) is 22.3 Å². The van der Waals surface area contributed by atoms with E-state index in [1.54, 1.807) is 18.2 Å². The van der Waals surface area contributed by atoms with Gasteiger partial charge in [0.2, 0.25) is 0 Å². The van der Waals surface area contributed by atoms with Crippen LogP contribution in [0.2, 0.25) is 5.02 Å². The van der Waals surface area contributed by atoms with Gasteiger partial charge < -0.3 is 16.0 Å². The van der Waals surface area contributed by atoms with E-state index < -0.39 is 33.8 Å². The molecule has 0 saturated carbocycles.